The Bertz CT molecular complexity index is 145. The van der Waals surface area contributed by atoms with Crippen LogP contribution in [0.5, 0.6) is 0 Å². The molecule has 0 aromatic carbocycles. The molecule has 0 bridgehead atoms. The SMILES string of the molecule is CC(C#N)C(F)C(F)(F)F. The molecule has 0 aliphatic heterocycles. The van der Waals surface area contributed by atoms with Crippen molar-refractivity contribution in [2.45, 2.75) is 19.3 Å². The van der Waals surface area contributed by atoms with E-state index >= 15 is 0 Å². The maximum absolute atomic E-state index is 12.0. The van der Waals surface area contributed by atoms with Crippen LogP contribution in [0.3, 0.4) is 0 Å². The summed E-state index contributed by atoms with van der Waals surface area (Å²) in [6.45, 7) is 0.887. The topological polar surface area (TPSA) is 23.8 Å². The molecule has 58 valence electrons. The zero-order chi connectivity index (χ0) is 8.36. The third-order valence-corrected chi connectivity index (χ3v) is 0.955. The highest BCUT2D eigenvalue weighted by molar-refractivity contribution is 4.88. The van der Waals surface area contributed by atoms with E-state index in [0.29, 0.717) is 0 Å². The molecule has 0 fully saturated rings. The zero-order valence-corrected chi connectivity index (χ0v) is 5.11. The second-order valence-electron chi connectivity index (χ2n) is 1.86. The molecule has 0 spiro atoms. The predicted molar refractivity (Wildman–Crippen MR) is 25.7 cm³/mol. The lowest BCUT2D eigenvalue weighted by atomic mass is 10.1. The maximum atomic E-state index is 12.0. The van der Waals surface area contributed by atoms with Crippen LogP contribution in [-0.2, 0) is 0 Å². The average molecular weight is 155 g/mol. The number of rotatable bonds is 1. The summed E-state index contributed by atoms with van der Waals surface area (Å²) in [5, 5.41) is 7.88. The lowest BCUT2D eigenvalue weighted by Crippen LogP contribution is -2.29. The molecule has 0 saturated carbocycles. The van der Waals surface area contributed by atoms with Crippen LogP contribution in [0, 0.1) is 17.2 Å². The highest BCUT2D eigenvalue weighted by atomic mass is 19.4. The van der Waals surface area contributed by atoms with Crippen molar-refractivity contribution in [3.63, 3.8) is 0 Å². The molecule has 0 heterocycles. The minimum atomic E-state index is -4.91. The Morgan fingerprint density at radius 2 is 1.80 bits per heavy atom. The van der Waals surface area contributed by atoms with Crippen molar-refractivity contribution in [3.05, 3.63) is 0 Å². The van der Waals surface area contributed by atoms with Gasteiger partial charge in [0.15, 0.2) is 0 Å². The zero-order valence-electron chi connectivity index (χ0n) is 5.11. The Hall–Kier alpha value is -0.790. The van der Waals surface area contributed by atoms with Crippen molar-refractivity contribution in [2.75, 3.05) is 0 Å². The van der Waals surface area contributed by atoms with Crippen molar-refractivity contribution < 1.29 is 17.6 Å². The summed E-state index contributed by atoms with van der Waals surface area (Å²) in [6, 6.07) is 1.18. The number of nitriles is 1. The van der Waals surface area contributed by atoms with Crippen LogP contribution in [0.2, 0.25) is 0 Å². The fraction of sp³-hybridized carbons (Fsp3) is 0.800. The number of alkyl halides is 4. The maximum Gasteiger partial charge on any atom is 0.420 e. The van der Waals surface area contributed by atoms with Crippen LogP contribution >= 0.6 is 0 Å². The Morgan fingerprint density at radius 1 is 1.40 bits per heavy atom. The molecule has 0 radical (unpaired) electrons. The van der Waals surface area contributed by atoms with Crippen molar-refractivity contribution in [1.29, 1.82) is 5.26 Å². The Balaban J connectivity index is 4.11. The molecule has 0 rings (SSSR count). The molecule has 0 aromatic rings. The number of nitrogens with zero attached hydrogens (tertiary/aromatic N) is 1. The van der Waals surface area contributed by atoms with E-state index < -0.39 is 18.3 Å². The smallest absolute Gasteiger partial charge is 0.236 e. The fourth-order valence-corrected chi connectivity index (χ4v) is 0.349. The number of halogens is 4. The molecule has 2 atom stereocenters. The summed E-state index contributed by atoms with van der Waals surface area (Å²) in [7, 11) is 0. The van der Waals surface area contributed by atoms with Gasteiger partial charge >= 0.3 is 6.18 Å². The lowest BCUT2D eigenvalue weighted by Gasteiger charge is -2.12. The van der Waals surface area contributed by atoms with Crippen LogP contribution in [0.25, 0.3) is 0 Å². The molecule has 0 amide bonds. The summed E-state index contributed by atoms with van der Waals surface area (Å²) in [5.74, 6) is -1.62. The third-order valence-electron chi connectivity index (χ3n) is 0.955. The van der Waals surface area contributed by atoms with Crippen molar-refractivity contribution >= 4 is 0 Å². The van der Waals surface area contributed by atoms with Gasteiger partial charge in [0.1, 0.15) is 0 Å². The number of hydrogen-bond donors (Lipinski definition) is 0. The molecule has 0 N–H and O–H groups in total. The monoisotopic (exact) mass is 155 g/mol. The van der Waals surface area contributed by atoms with E-state index in [1.165, 1.54) is 6.07 Å². The van der Waals surface area contributed by atoms with Gasteiger partial charge < -0.3 is 0 Å². The molecular formula is C5H5F4N. The van der Waals surface area contributed by atoms with Gasteiger partial charge in [-0.2, -0.15) is 18.4 Å². The lowest BCUT2D eigenvalue weighted by molar-refractivity contribution is -0.188. The van der Waals surface area contributed by atoms with Crippen LogP contribution in [-0.4, -0.2) is 12.3 Å². The largest absolute Gasteiger partial charge is 0.420 e. The summed E-state index contributed by atoms with van der Waals surface area (Å²) < 4.78 is 46.0. The first kappa shape index (κ1) is 9.21. The molecule has 5 heteroatoms. The third kappa shape index (κ3) is 2.21. The van der Waals surface area contributed by atoms with Gasteiger partial charge in [0.05, 0.1) is 12.0 Å². The van der Waals surface area contributed by atoms with E-state index in [9.17, 15) is 17.6 Å². The molecule has 0 aliphatic carbocycles. The predicted octanol–water partition coefficient (Wildman–Crippen LogP) is 2.05. The first-order valence-electron chi connectivity index (χ1n) is 2.50. The Morgan fingerprint density at radius 3 is 1.90 bits per heavy atom. The normalized spacial score (nSPS) is 17.6. The van der Waals surface area contributed by atoms with Gasteiger partial charge in [-0.05, 0) is 6.92 Å². The minimum absolute atomic E-state index is 0.887. The van der Waals surface area contributed by atoms with Gasteiger partial charge in [0.2, 0.25) is 6.17 Å². The van der Waals surface area contributed by atoms with E-state index in [1.54, 1.807) is 0 Å². The first-order valence-corrected chi connectivity index (χ1v) is 2.50. The molecule has 0 aliphatic rings. The summed E-state index contributed by atoms with van der Waals surface area (Å²) in [4.78, 5) is 0. The highest BCUT2D eigenvalue weighted by Gasteiger charge is 2.43. The second-order valence-corrected chi connectivity index (χ2v) is 1.86. The molecule has 0 saturated heterocycles. The number of hydrogen-bond acceptors (Lipinski definition) is 1. The molecule has 1 nitrogen and oxygen atoms in total. The molecular weight excluding hydrogens is 150 g/mol. The quantitative estimate of drug-likeness (QED) is 0.531. The van der Waals surface area contributed by atoms with E-state index in [1.807, 2.05) is 0 Å². The highest BCUT2D eigenvalue weighted by Crippen LogP contribution is 2.27. The van der Waals surface area contributed by atoms with Gasteiger partial charge in [-0.25, -0.2) is 4.39 Å². The molecule has 10 heavy (non-hydrogen) atoms. The van der Waals surface area contributed by atoms with Gasteiger partial charge in [0, 0.05) is 0 Å². The molecule has 0 aromatic heterocycles. The fourth-order valence-electron chi connectivity index (χ4n) is 0.349. The van der Waals surface area contributed by atoms with Crippen LogP contribution in [0.1, 0.15) is 6.92 Å². The van der Waals surface area contributed by atoms with E-state index in [2.05, 4.69) is 0 Å². The summed E-state index contributed by atoms with van der Waals surface area (Å²) in [5.41, 5.74) is 0. The average Bonchev–Trinajstić information content (AvgIpc) is 1.83. The van der Waals surface area contributed by atoms with E-state index in [0.717, 1.165) is 6.92 Å². The summed E-state index contributed by atoms with van der Waals surface area (Å²) in [6.07, 6.45) is -7.94. The van der Waals surface area contributed by atoms with Crippen LogP contribution in [0.4, 0.5) is 17.6 Å². The van der Waals surface area contributed by atoms with Crippen molar-refractivity contribution in [2.24, 2.45) is 5.92 Å². The van der Waals surface area contributed by atoms with Gasteiger partial charge in [-0.15, -0.1) is 0 Å². The van der Waals surface area contributed by atoms with Gasteiger partial charge in [0.25, 0.3) is 0 Å². The van der Waals surface area contributed by atoms with Gasteiger partial charge in [-0.1, -0.05) is 0 Å². The standard InChI is InChI=1S/C5H5F4N/c1-3(2-10)4(6)5(7,8)9/h3-4H,1H3. The summed E-state index contributed by atoms with van der Waals surface area (Å²) >= 11 is 0. The van der Waals surface area contributed by atoms with Crippen molar-refractivity contribution in [1.82, 2.24) is 0 Å². The van der Waals surface area contributed by atoms with Crippen LogP contribution < -0.4 is 0 Å². The van der Waals surface area contributed by atoms with E-state index in [-0.39, 0.29) is 0 Å². The van der Waals surface area contributed by atoms with E-state index in [4.69, 9.17) is 5.26 Å². The van der Waals surface area contributed by atoms with Gasteiger partial charge in [-0.3, -0.25) is 0 Å². The Kier molecular flexibility index (Phi) is 2.64. The van der Waals surface area contributed by atoms with Crippen molar-refractivity contribution in [3.8, 4) is 6.07 Å². The first-order chi connectivity index (χ1) is 4.39. The minimum Gasteiger partial charge on any atom is -0.236 e. The second kappa shape index (κ2) is 2.86. The van der Waals surface area contributed by atoms with Crippen LogP contribution in [0.15, 0.2) is 0 Å². The molecule has 2 unspecified atom stereocenters. The Labute approximate surface area is 55.3 Å².